The van der Waals surface area contributed by atoms with Gasteiger partial charge in [-0.05, 0) is 13.3 Å². The van der Waals surface area contributed by atoms with Gasteiger partial charge < -0.3 is 16.3 Å². The van der Waals surface area contributed by atoms with Crippen molar-refractivity contribution in [3.05, 3.63) is 12.7 Å². The highest BCUT2D eigenvalue weighted by Gasteiger charge is 2.25. The SMILES string of the molecule is C=CC[C@](C)(N)C(=O)O.O. The van der Waals surface area contributed by atoms with Crippen LogP contribution < -0.4 is 5.73 Å². The lowest BCUT2D eigenvalue weighted by Gasteiger charge is -2.15. The van der Waals surface area contributed by atoms with Crippen molar-refractivity contribution in [1.82, 2.24) is 0 Å². The van der Waals surface area contributed by atoms with Crippen molar-refractivity contribution in [2.45, 2.75) is 18.9 Å². The third-order valence-corrected chi connectivity index (χ3v) is 1.06. The molecule has 4 nitrogen and oxygen atoms in total. The van der Waals surface area contributed by atoms with Crippen LogP contribution in [0.4, 0.5) is 0 Å². The molecule has 0 aromatic heterocycles. The van der Waals surface area contributed by atoms with E-state index in [-0.39, 0.29) is 5.48 Å². The van der Waals surface area contributed by atoms with Crippen molar-refractivity contribution in [3.63, 3.8) is 0 Å². The van der Waals surface area contributed by atoms with Gasteiger partial charge >= 0.3 is 5.97 Å². The number of hydrogen-bond acceptors (Lipinski definition) is 2. The van der Waals surface area contributed by atoms with E-state index in [1.165, 1.54) is 13.0 Å². The van der Waals surface area contributed by atoms with Crippen molar-refractivity contribution in [3.8, 4) is 0 Å². The second kappa shape index (κ2) is 4.03. The minimum absolute atomic E-state index is 0. The zero-order chi connectivity index (χ0) is 7.49. The van der Waals surface area contributed by atoms with Crippen molar-refractivity contribution >= 4 is 5.97 Å². The topological polar surface area (TPSA) is 94.8 Å². The molecule has 0 rings (SSSR count). The van der Waals surface area contributed by atoms with Crippen LogP contribution in [0.3, 0.4) is 0 Å². The lowest BCUT2D eigenvalue weighted by Crippen LogP contribution is -2.44. The van der Waals surface area contributed by atoms with Gasteiger partial charge in [-0.1, -0.05) is 6.08 Å². The van der Waals surface area contributed by atoms with Gasteiger partial charge in [-0.25, -0.2) is 0 Å². The molecule has 0 saturated heterocycles. The summed E-state index contributed by atoms with van der Waals surface area (Å²) >= 11 is 0. The Morgan fingerprint density at radius 2 is 2.30 bits per heavy atom. The van der Waals surface area contributed by atoms with Crippen LogP contribution in [0.15, 0.2) is 12.7 Å². The first-order chi connectivity index (χ1) is 4.00. The summed E-state index contributed by atoms with van der Waals surface area (Å²) in [5, 5.41) is 8.40. The Kier molecular flexibility index (Phi) is 4.78. The Bertz CT molecular complexity index is 131. The molecule has 0 aliphatic heterocycles. The van der Waals surface area contributed by atoms with Crippen molar-refractivity contribution in [1.29, 1.82) is 0 Å². The second-order valence-corrected chi connectivity index (χ2v) is 2.22. The van der Waals surface area contributed by atoms with Gasteiger partial charge in [-0.2, -0.15) is 0 Å². The summed E-state index contributed by atoms with van der Waals surface area (Å²) in [7, 11) is 0. The van der Waals surface area contributed by atoms with Crippen LogP contribution in [0, 0.1) is 0 Å². The highest BCUT2D eigenvalue weighted by atomic mass is 16.4. The van der Waals surface area contributed by atoms with E-state index in [9.17, 15) is 4.79 Å². The zero-order valence-electron chi connectivity index (χ0n) is 5.92. The Hall–Kier alpha value is -0.870. The van der Waals surface area contributed by atoms with Crippen molar-refractivity contribution in [2.75, 3.05) is 0 Å². The average molecular weight is 147 g/mol. The number of nitrogens with two attached hydrogens (primary N) is 1. The largest absolute Gasteiger partial charge is 0.480 e. The highest BCUT2D eigenvalue weighted by Crippen LogP contribution is 2.04. The molecule has 5 N–H and O–H groups in total. The molecule has 0 radical (unpaired) electrons. The van der Waals surface area contributed by atoms with Crippen LogP contribution in [0.2, 0.25) is 0 Å². The third-order valence-electron chi connectivity index (χ3n) is 1.06. The van der Waals surface area contributed by atoms with Crippen molar-refractivity contribution < 1.29 is 15.4 Å². The predicted octanol–water partition coefficient (Wildman–Crippen LogP) is -0.460. The monoisotopic (exact) mass is 147 g/mol. The second-order valence-electron chi connectivity index (χ2n) is 2.22. The van der Waals surface area contributed by atoms with Crippen LogP contribution in [0.25, 0.3) is 0 Å². The minimum Gasteiger partial charge on any atom is -0.480 e. The Balaban J connectivity index is 0. The molecule has 0 aromatic rings. The number of carboxylic acids is 1. The Labute approximate surface area is 59.7 Å². The third kappa shape index (κ3) is 3.21. The number of rotatable bonds is 3. The summed E-state index contributed by atoms with van der Waals surface area (Å²) in [5.74, 6) is -0.998. The maximum absolute atomic E-state index is 10.2. The van der Waals surface area contributed by atoms with E-state index in [4.69, 9.17) is 10.8 Å². The summed E-state index contributed by atoms with van der Waals surface area (Å²) in [6.45, 7) is 4.84. The number of aliphatic carboxylic acids is 1. The van der Waals surface area contributed by atoms with Crippen LogP contribution in [-0.2, 0) is 4.79 Å². The summed E-state index contributed by atoms with van der Waals surface area (Å²) in [4.78, 5) is 10.2. The average Bonchev–Trinajstić information content (AvgIpc) is 1.65. The summed E-state index contributed by atoms with van der Waals surface area (Å²) in [5.41, 5.74) is 4.15. The lowest BCUT2D eigenvalue weighted by molar-refractivity contribution is -0.142. The van der Waals surface area contributed by atoms with E-state index in [1.807, 2.05) is 0 Å². The van der Waals surface area contributed by atoms with E-state index in [2.05, 4.69) is 6.58 Å². The van der Waals surface area contributed by atoms with Crippen LogP contribution in [0.5, 0.6) is 0 Å². The van der Waals surface area contributed by atoms with Gasteiger partial charge in [0.15, 0.2) is 0 Å². The number of carboxylic acid groups (broad SMARTS) is 1. The molecular weight excluding hydrogens is 134 g/mol. The standard InChI is InChI=1S/C6H11NO2.H2O/c1-3-4-6(2,7)5(8)9;/h3H,1,4,7H2,2H3,(H,8,9);1H2/t6-;/m0./s1. The highest BCUT2D eigenvalue weighted by molar-refractivity contribution is 5.78. The van der Waals surface area contributed by atoms with E-state index < -0.39 is 11.5 Å². The molecule has 60 valence electrons. The molecule has 0 aliphatic carbocycles. The Morgan fingerprint density at radius 3 is 2.40 bits per heavy atom. The molecule has 0 amide bonds. The fourth-order valence-electron chi connectivity index (χ4n) is 0.387. The first kappa shape index (κ1) is 11.9. The molecule has 1 atom stereocenters. The summed E-state index contributed by atoms with van der Waals surface area (Å²) in [6, 6.07) is 0. The maximum atomic E-state index is 10.2. The van der Waals surface area contributed by atoms with Crippen LogP contribution in [0.1, 0.15) is 13.3 Å². The van der Waals surface area contributed by atoms with E-state index in [1.54, 1.807) is 0 Å². The quantitative estimate of drug-likeness (QED) is 0.529. The fraction of sp³-hybridized carbons (Fsp3) is 0.500. The molecule has 10 heavy (non-hydrogen) atoms. The van der Waals surface area contributed by atoms with Gasteiger partial charge in [0.2, 0.25) is 0 Å². The van der Waals surface area contributed by atoms with Crippen molar-refractivity contribution in [2.24, 2.45) is 5.73 Å². The molecule has 0 spiro atoms. The van der Waals surface area contributed by atoms with E-state index >= 15 is 0 Å². The lowest BCUT2D eigenvalue weighted by atomic mass is 10.0. The molecule has 0 aliphatic rings. The minimum atomic E-state index is -1.15. The molecule has 0 heterocycles. The maximum Gasteiger partial charge on any atom is 0.323 e. The predicted molar refractivity (Wildman–Crippen MR) is 38.7 cm³/mol. The summed E-state index contributed by atoms with van der Waals surface area (Å²) < 4.78 is 0. The molecule has 0 saturated carbocycles. The first-order valence-electron chi connectivity index (χ1n) is 2.64. The van der Waals surface area contributed by atoms with Gasteiger partial charge in [0.25, 0.3) is 0 Å². The molecule has 4 heteroatoms. The number of hydrogen-bond donors (Lipinski definition) is 2. The van der Waals surface area contributed by atoms with Crippen LogP contribution in [-0.4, -0.2) is 22.1 Å². The van der Waals surface area contributed by atoms with Gasteiger partial charge in [0.1, 0.15) is 5.54 Å². The van der Waals surface area contributed by atoms with Gasteiger partial charge in [-0.15, -0.1) is 6.58 Å². The van der Waals surface area contributed by atoms with Gasteiger partial charge in [-0.3, -0.25) is 4.79 Å². The fourth-order valence-corrected chi connectivity index (χ4v) is 0.387. The van der Waals surface area contributed by atoms with Crippen LogP contribution >= 0.6 is 0 Å². The normalized spacial score (nSPS) is 14.6. The number of carbonyl (C=O) groups is 1. The van der Waals surface area contributed by atoms with Gasteiger partial charge in [0, 0.05) is 0 Å². The molecule has 0 aromatic carbocycles. The smallest absolute Gasteiger partial charge is 0.323 e. The Morgan fingerprint density at radius 1 is 1.90 bits per heavy atom. The molecular formula is C6H13NO3. The zero-order valence-corrected chi connectivity index (χ0v) is 5.92. The first-order valence-corrected chi connectivity index (χ1v) is 2.64. The molecule has 0 fully saturated rings. The van der Waals surface area contributed by atoms with E-state index in [0.29, 0.717) is 6.42 Å². The molecule has 0 unspecified atom stereocenters. The van der Waals surface area contributed by atoms with E-state index in [0.717, 1.165) is 0 Å². The van der Waals surface area contributed by atoms with Gasteiger partial charge in [0.05, 0.1) is 0 Å². The molecule has 0 bridgehead atoms. The summed E-state index contributed by atoms with van der Waals surface area (Å²) in [6.07, 6.45) is 1.79.